The molecule has 35 heavy (non-hydrogen) atoms. The maximum Gasteiger partial charge on any atom is 0.303 e. The van der Waals surface area contributed by atoms with Crippen LogP contribution in [0.3, 0.4) is 0 Å². The van der Waals surface area contributed by atoms with Gasteiger partial charge in [0.1, 0.15) is 6.10 Å². The standard InChI is InChI=1S/C30H48N2O3/c1-9-18(2)28(34)31-26-15-17-30(6)24-14-16-29(5)22(19(3)32(7)8)12-13-23(29)21(24)10-11-25(30)27(26)35-20(4)33/h9,15,18-19,21-25,27H,1,10-14,16-17H2,2-8H3,(H,31,34)/t18?,19-,21-,22+,23-,24-,25-,27+,29+,30+/m0/s1. The van der Waals surface area contributed by atoms with Gasteiger partial charge in [-0.2, -0.15) is 0 Å². The molecule has 4 aliphatic carbocycles. The number of amides is 1. The van der Waals surface area contributed by atoms with E-state index >= 15 is 0 Å². The minimum atomic E-state index is -0.369. The molecule has 0 saturated heterocycles. The first-order chi connectivity index (χ1) is 16.4. The predicted molar refractivity (Wildman–Crippen MR) is 140 cm³/mol. The summed E-state index contributed by atoms with van der Waals surface area (Å²) in [6.07, 6.45) is 11.9. The fourth-order valence-corrected chi connectivity index (χ4v) is 8.95. The van der Waals surface area contributed by atoms with Crippen LogP contribution in [-0.4, -0.2) is 43.0 Å². The molecule has 4 rings (SSSR count). The normalized spacial score (nSPS) is 42.1. The zero-order valence-corrected chi connectivity index (χ0v) is 23.1. The number of carbonyl (C=O) groups excluding carboxylic acids is 2. The summed E-state index contributed by atoms with van der Waals surface area (Å²) in [7, 11) is 4.46. The number of nitrogens with one attached hydrogen (secondary N) is 1. The Bertz CT molecular complexity index is 881. The quantitative estimate of drug-likeness (QED) is 0.396. The van der Waals surface area contributed by atoms with E-state index in [1.54, 1.807) is 6.08 Å². The van der Waals surface area contributed by atoms with Crippen molar-refractivity contribution < 1.29 is 14.3 Å². The second-order valence-corrected chi connectivity index (χ2v) is 12.9. The average Bonchev–Trinajstić information content (AvgIpc) is 3.16. The van der Waals surface area contributed by atoms with Crippen molar-refractivity contribution in [3.8, 4) is 0 Å². The Morgan fingerprint density at radius 2 is 1.74 bits per heavy atom. The van der Waals surface area contributed by atoms with Crippen molar-refractivity contribution in [2.24, 2.45) is 46.3 Å². The molecular weight excluding hydrogens is 436 g/mol. The molecule has 0 aromatic heterocycles. The molecule has 0 bridgehead atoms. The number of hydrogen-bond donors (Lipinski definition) is 1. The second-order valence-electron chi connectivity index (χ2n) is 12.9. The summed E-state index contributed by atoms with van der Waals surface area (Å²) >= 11 is 0. The third-order valence-corrected chi connectivity index (χ3v) is 11.2. The molecule has 5 heteroatoms. The summed E-state index contributed by atoms with van der Waals surface area (Å²) in [6, 6.07) is 0.614. The van der Waals surface area contributed by atoms with Gasteiger partial charge in [-0.1, -0.05) is 32.9 Å². The lowest BCUT2D eigenvalue weighted by atomic mass is 9.44. The summed E-state index contributed by atoms with van der Waals surface area (Å²) < 4.78 is 5.96. The van der Waals surface area contributed by atoms with Crippen LogP contribution in [0.25, 0.3) is 0 Å². The summed E-state index contributed by atoms with van der Waals surface area (Å²) in [5.74, 6) is 2.55. The number of fused-ring (bicyclic) bond motifs is 5. The van der Waals surface area contributed by atoms with Crippen molar-refractivity contribution in [3.05, 3.63) is 24.4 Å². The molecule has 3 saturated carbocycles. The number of esters is 1. The Hall–Kier alpha value is -1.62. The van der Waals surface area contributed by atoms with Crippen LogP contribution >= 0.6 is 0 Å². The zero-order valence-electron chi connectivity index (χ0n) is 23.1. The largest absolute Gasteiger partial charge is 0.456 e. The Morgan fingerprint density at radius 3 is 2.37 bits per heavy atom. The predicted octanol–water partition coefficient (Wildman–Crippen LogP) is 5.57. The third-order valence-electron chi connectivity index (χ3n) is 11.2. The van der Waals surface area contributed by atoms with E-state index in [2.05, 4.69) is 57.7 Å². The number of hydrogen-bond acceptors (Lipinski definition) is 4. The molecule has 0 aliphatic heterocycles. The van der Waals surface area contributed by atoms with Gasteiger partial charge in [0.25, 0.3) is 0 Å². The minimum absolute atomic E-state index is 0.0823. The van der Waals surface area contributed by atoms with E-state index in [1.807, 2.05) is 6.92 Å². The Morgan fingerprint density at radius 1 is 1.09 bits per heavy atom. The van der Waals surface area contributed by atoms with Crippen LogP contribution in [0.1, 0.15) is 79.6 Å². The van der Waals surface area contributed by atoms with E-state index in [4.69, 9.17) is 4.74 Å². The summed E-state index contributed by atoms with van der Waals surface area (Å²) in [5.41, 5.74) is 1.29. The van der Waals surface area contributed by atoms with E-state index in [0.717, 1.165) is 36.3 Å². The van der Waals surface area contributed by atoms with Gasteiger partial charge < -0.3 is 15.0 Å². The first-order valence-corrected chi connectivity index (χ1v) is 13.9. The van der Waals surface area contributed by atoms with Gasteiger partial charge in [-0.25, -0.2) is 0 Å². The zero-order chi connectivity index (χ0) is 25.7. The van der Waals surface area contributed by atoms with Gasteiger partial charge in [-0.05, 0) is 100 Å². The first-order valence-electron chi connectivity index (χ1n) is 13.9. The van der Waals surface area contributed by atoms with Crippen LogP contribution in [0, 0.1) is 46.3 Å². The molecule has 1 N–H and O–H groups in total. The molecule has 0 heterocycles. The van der Waals surface area contributed by atoms with Gasteiger partial charge in [0.05, 0.1) is 11.6 Å². The molecule has 3 fully saturated rings. The highest BCUT2D eigenvalue weighted by atomic mass is 16.5. The van der Waals surface area contributed by atoms with Gasteiger partial charge in [-0.15, -0.1) is 6.58 Å². The smallest absolute Gasteiger partial charge is 0.303 e. The monoisotopic (exact) mass is 484 g/mol. The molecule has 1 amide bonds. The van der Waals surface area contributed by atoms with Crippen molar-refractivity contribution in [2.45, 2.75) is 91.7 Å². The minimum Gasteiger partial charge on any atom is -0.456 e. The van der Waals surface area contributed by atoms with E-state index in [0.29, 0.717) is 17.4 Å². The summed E-state index contributed by atoms with van der Waals surface area (Å²) in [4.78, 5) is 27.2. The van der Waals surface area contributed by atoms with Crippen LogP contribution in [0.4, 0.5) is 0 Å². The molecule has 5 nitrogen and oxygen atoms in total. The van der Waals surface area contributed by atoms with Gasteiger partial charge in [-0.3, -0.25) is 9.59 Å². The fraction of sp³-hybridized carbons (Fsp3) is 0.800. The van der Waals surface area contributed by atoms with Gasteiger partial charge in [0, 0.05) is 18.9 Å². The molecule has 0 aromatic carbocycles. The molecule has 1 unspecified atom stereocenters. The summed E-state index contributed by atoms with van der Waals surface area (Å²) in [5, 5.41) is 3.09. The number of allylic oxidation sites excluding steroid dienone is 1. The van der Waals surface area contributed by atoms with E-state index in [9.17, 15) is 9.59 Å². The highest BCUT2D eigenvalue weighted by molar-refractivity contribution is 5.81. The van der Waals surface area contributed by atoms with Crippen molar-refractivity contribution in [1.29, 1.82) is 0 Å². The summed E-state index contributed by atoms with van der Waals surface area (Å²) in [6.45, 7) is 14.5. The SMILES string of the molecule is C=CC(C)C(=O)NC1=CC[C@]2(C)[C@H]3CC[C@]4(C)[C@@H]([C@H](C)N(C)C)CC[C@H]4[C@@H]3CC[C@H]2[C@H]1OC(C)=O. The van der Waals surface area contributed by atoms with Crippen molar-refractivity contribution >= 4 is 11.9 Å². The molecule has 0 aromatic rings. The molecule has 0 radical (unpaired) electrons. The topological polar surface area (TPSA) is 58.6 Å². The van der Waals surface area contributed by atoms with Gasteiger partial charge in [0.2, 0.25) is 5.91 Å². The van der Waals surface area contributed by atoms with Gasteiger partial charge in [0.15, 0.2) is 0 Å². The number of nitrogens with zero attached hydrogens (tertiary/aromatic N) is 1. The van der Waals surface area contributed by atoms with E-state index in [-0.39, 0.29) is 35.2 Å². The molecular formula is C30H48N2O3. The maximum absolute atomic E-state index is 12.7. The number of rotatable bonds is 6. The highest BCUT2D eigenvalue weighted by Gasteiger charge is 2.62. The molecule has 196 valence electrons. The van der Waals surface area contributed by atoms with Crippen LogP contribution in [-0.2, 0) is 14.3 Å². The van der Waals surface area contributed by atoms with Crippen LogP contribution in [0.5, 0.6) is 0 Å². The molecule has 10 atom stereocenters. The van der Waals surface area contributed by atoms with E-state index < -0.39 is 0 Å². The number of carbonyl (C=O) groups is 2. The van der Waals surface area contributed by atoms with E-state index in [1.165, 1.54) is 39.0 Å². The lowest BCUT2D eigenvalue weighted by Crippen LogP contribution is -2.57. The first kappa shape index (κ1) is 26.4. The number of ether oxygens (including phenoxy) is 1. The Kier molecular flexibility index (Phi) is 7.32. The van der Waals surface area contributed by atoms with Crippen LogP contribution in [0.15, 0.2) is 24.4 Å². The fourth-order valence-electron chi connectivity index (χ4n) is 8.95. The van der Waals surface area contributed by atoms with Crippen molar-refractivity contribution in [2.75, 3.05) is 14.1 Å². The lowest BCUT2D eigenvalue weighted by molar-refractivity contribution is -0.163. The Labute approximate surface area is 213 Å². The lowest BCUT2D eigenvalue weighted by Gasteiger charge is -2.61. The van der Waals surface area contributed by atoms with Crippen molar-refractivity contribution in [1.82, 2.24) is 10.2 Å². The van der Waals surface area contributed by atoms with Gasteiger partial charge >= 0.3 is 5.97 Å². The Balaban J connectivity index is 1.61. The van der Waals surface area contributed by atoms with Crippen LogP contribution < -0.4 is 5.32 Å². The maximum atomic E-state index is 12.7. The average molecular weight is 485 g/mol. The molecule has 4 aliphatic rings. The van der Waals surface area contributed by atoms with Crippen molar-refractivity contribution in [3.63, 3.8) is 0 Å². The molecule has 0 spiro atoms. The van der Waals surface area contributed by atoms with Crippen LogP contribution in [0.2, 0.25) is 0 Å². The second kappa shape index (κ2) is 9.68. The third kappa shape index (κ3) is 4.40. The highest BCUT2D eigenvalue weighted by Crippen LogP contribution is 2.67.